The molecule has 6 heteroatoms. The second-order valence-corrected chi connectivity index (χ2v) is 4.41. The highest BCUT2D eigenvalue weighted by Gasteiger charge is 2.11. The molecular formula is C14H14N2O4. The van der Waals surface area contributed by atoms with Crippen molar-refractivity contribution in [3.63, 3.8) is 0 Å². The standard InChI is InChI=1S/C14H14N2O4/c1-9(13-7-6-12(17)8-14(13)18)15-10-2-4-11(5-3-10)16(19)20/h2-9,15,17-18H,1H3. The number of nitro groups is 1. The van der Waals surface area contributed by atoms with E-state index >= 15 is 0 Å². The van der Waals surface area contributed by atoms with Gasteiger partial charge in [-0.2, -0.15) is 0 Å². The Hall–Kier alpha value is -2.76. The van der Waals surface area contributed by atoms with Crippen LogP contribution in [0.15, 0.2) is 42.5 Å². The lowest BCUT2D eigenvalue weighted by Gasteiger charge is -2.17. The topological polar surface area (TPSA) is 95.6 Å². The average Bonchev–Trinajstić information content (AvgIpc) is 2.39. The molecule has 0 amide bonds. The summed E-state index contributed by atoms with van der Waals surface area (Å²) in [5, 5.41) is 32.7. The summed E-state index contributed by atoms with van der Waals surface area (Å²) in [6.45, 7) is 1.84. The maximum atomic E-state index is 10.6. The van der Waals surface area contributed by atoms with Crippen molar-refractivity contribution in [3.05, 3.63) is 58.1 Å². The van der Waals surface area contributed by atoms with E-state index in [1.165, 1.54) is 24.3 Å². The summed E-state index contributed by atoms with van der Waals surface area (Å²) < 4.78 is 0. The number of rotatable bonds is 4. The van der Waals surface area contributed by atoms with Crippen LogP contribution in [-0.4, -0.2) is 15.1 Å². The molecule has 0 aliphatic carbocycles. The van der Waals surface area contributed by atoms with Gasteiger partial charge in [-0.3, -0.25) is 10.1 Å². The number of nitrogens with one attached hydrogen (secondary N) is 1. The van der Waals surface area contributed by atoms with Crippen molar-refractivity contribution >= 4 is 11.4 Å². The van der Waals surface area contributed by atoms with Crippen LogP contribution in [0.3, 0.4) is 0 Å². The number of nitrogens with zero attached hydrogens (tertiary/aromatic N) is 1. The number of aromatic hydroxyl groups is 2. The Labute approximate surface area is 115 Å². The van der Waals surface area contributed by atoms with Crippen molar-refractivity contribution < 1.29 is 15.1 Å². The highest BCUT2D eigenvalue weighted by molar-refractivity contribution is 5.51. The van der Waals surface area contributed by atoms with Gasteiger partial charge in [-0.1, -0.05) is 0 Å². The number of anilines is 1. The van der Waals surface area contributed by atoms with Gasteiger partial charge in [0.2, 0.25) is 0 Å². The summed E-state index contributed by atoms with van der Waals surface area (Å²) in [6.07, 6.45) is 0. The number of phenols is 2. The Balaban J connectivity index is 2.14. The fourth-order valence-corrected chi connectivity index (χ4v) is 1.91. The van der Waals surface area contributed by atoms with E-state index in [0.717, 1.165) is 0 Å². The molecule has 2 rings (SSSR count). The van der Waals surface area contributed by atoms with Crippen LogP contribution in [0.1, 0.15) is 18.5 Å². The molecule has 0 radical (unpaired) electrons. The van der Waals surface area contributed by atoms with E-state index in [4.69, 9.17) is 0 Å². The average molecular weight is 274 g/mol. The first-order chi connectivity index (χ1) is 9.47. The lowest BCUT2D eigenvalue weighted by molar-refractivity contribution is -0.384. The number of nitro benzene ring substituents is 1. The van der Waals surface area contributed by atoms with E-state index in [-0.39, 0.29) is 23.2 Å². The Kier molecular flexibility index (Phi) is 3.74. The molecule has 2 aromatic carbocycles. The molecule has 0 aliphatic heterocycles. The zero-order chi connectivity index (χ0) is 14.7. The predicted molar refractivity (Wildman–Crippen MR) is 74.9 cm³/mol. The molecule has 1 unspecified atom stereocenters. The second kappa shape index (κ2) is 5.48. The number of hydrogen-bond acceptors (Lipinski definition) is 5. The summed E-state index contributed by atoms with van der Waals surface area (Å²) in [5.41, 5.74) is 1.35. The molecule has 0 saturated carbocycles. The minimum absolute atomic E-state index is 0.00575. The number of hydrogen-bond donors (Lipinski definition) is 3. The van der Waals surface area contributed by atoms with Crippen molar-refractivity contribution in [1.82, 2.24) is 0 Å². The largest absolute Gasteiger partial charge is 0.508 e. The summed E-state index contributed by atoms with van der Waals surface area (Å²) in [4.78, 5) is 10.1. The van der Waals surface area contributed by atoms with Crippen LogP contribution in [-0.2, 0) is 0 Å². The van der Waals surface area contributed by atoms with Gasteiger partial charge in [0.25, 0.3) is 5.69 Å². The van der Waals surface area contributed by atoms with E-state index in [2.05, 4.69) is 5.32 Å². The van der Waals surface area contributed by atoms with Crippen LogP contribution in [0.25, 0.3) is 0 Å². The highest BCUT2D eigenvalue weighted by Crippen LogP contribution is 2.30. The molecule has 104 valence electrons. The van der Waals surface area contributed by atoms with Crippen molar-refractivity contribution in [2.45, 2.75) is 13.0 Å². The van der Waals surface area contributed by atoms with Gasteiger partial charge in [0, 0.05) is 29.4 Å². The molecule has 0 aromatic heterocycles. The normalized spacial score (nSPS) is 11.8. The van der Waals surface area contributed by atoms with E-state index in [1.54, 1.807) is 18.2 Å². The third-order valence-electron chi connectivity index (χ3n) is 2.94. The van der Waals surface area contributed by atoms with Gasteiger partial charge in [-0.15, -0.1) is 0 Å². The molecular weight excluding hydrogens is 260 g/mol. The monoisotopic (exact) mass is 274 g/mol. The molecule has 3 N–H and O–H groups in total. The zero-order valence-corrected chi connectivity index (χ0v) is 10.8. The second-order valence-electron chi connectivity index (χ2n) is 4.41. The van der Waals surface area contributed by atoms with Crippen LogP contribution < -0.4 is 5.32 Å². The summed E-state index contributed by atoms with van der Waals surface area (Å²) in [7, 11) is 0. The molecule has 2 aromatic rings. The molecule has 6 nitrogen and oxygen atoms in total. The van der Waals surface area contributed by atoms with Gasteiger partial charge in [0.05, 0.1) is 11.0 Å². The molecule has 20 heavy (non-hydrogen) atoms. The summed E-state index contributed by atoms with van der Waals surface area (Å²) in [6, 6.07) is 10.2. The molecule has 0 aliphatic rings. The maximum Gasteiger partial charge on any atom is 0.269 e. The molecule has 0 heterocycles. The minimum atomic E-state index is -0.459. The van der Waals surface area contributed by atoms with E-state index < -0.39 is 4.92 Å². The first-order valence-corrected chi connectivity index (χ1v) is 6.00. The van der Waals surface area contributed by atoms with Gasteiger partial charge in [-0.05, 0) is 31.2 Å². The van der Waals surface area contributed by atoms with Crippen molar-refractivity contribution in [2.75, 3.05) is 5.32 Å². The van der Waals surface area contributed by atoms with Crippen molar-refractivity contribution in [3.8, 4) is 11.5 Å². The van der Waals surface area contributed by atoms with Crippen molar-refractivity contribution in [1.29, 1.82) is 0 Å². The lowest BCUT2D eigenvalue weighted by atomic mass is 10.1. The quantitative estimate of drug-likeness (QED) is 0.587. The van der Waals surface area contributed by atoms with Crippen LogP contribution in [0.2, 0.25) is 0 Å². The van der Waals surface area contributed by atoms with Crippen LogP contribution >= 0.6 is 0 Å². The van der Waals surface area contributed by atoms with Crippen LogP contribution in [0, 0.1) is 10.1 Å². The molecule has 0 spiro atoms. The van der Waals surface area contributed by atoms with Gasteiger partial charge < -0.3 is 15.5 Å². The third-order valence-corrected chi connectivity index (χ3v) is 2.94. The van der Waals surface area contributed by atoms with Gasteiger partial charge >= 0.3 is 0 Å². The summed E-state index contributed by atoms with van der Waals surface area (Å²) >= 11 is 0. The van der Waals surface area contributed by atoms with Crippen LogP contribution in [0.5, 0.6) is 11.5 Å². The SMILES string of the molecule is CC(Nc1ccc([N+](=O)[O-])cc1)c1ccc(O)cc1O. The fourth-order valence-electron chi connectivity index (χ4n) is 1.91. The van der Waals surface area contributed by atoms with E-state index in [0.29, 0.717) is 11.3 Å². The smallest absolute Gasteiger partial charge is 0.269 e. The number of non-ortho nitro benzene ring substituents is 1. The first-order valence-electron chi connectivity index (χ1n) is 6.00. The fraction of sp³-hybridized carbons (Fsp3) is 0.143. The Morgan fingerprint density at radius 3 is 2.35 bits per heavy atom. The first kappa shape index (κ1) is 13.7. The predicted octanol–water partition coefficient (Wildman–Crippen LogP) is 3.18. The third kappa shape index (κ3) is 2.97. The Morgan fingerprint density at radius 2 is 1.80 bits per heavy atom. The molecule has 0 saturated heterocycles. The molecule has 1 atom stereocenters. The van der Waals surface area contributed by atoms with E-state index in [1.807, 2.05) is 6.92 Å². The lowest BCUT2D eigenvalue weighted by Crippen LogP contribution is -2.06. The Morgan fingerprint density at radius 1 is 1.15 bits per heavy atom. The van der Waals surface area contributed by atoms with Crippen molar-refractivity contribution in [2.24, 2.45) is 0 Å². The number of phenolic OH excluding ortho intramolecular Hbond substituents is 2. The maximum absolute atomic E-state index is 10.6. The minimum Gasteiger partial charge on any atom is -0.508 e. The summed E-state index contributed by atoms with van der Waals surface area (Å²) in [5.74, 6) is -0.0132. The van der Waals surface area contributed by atoms with Crippen LogP contribution in [0.4, 0.5) is 11.4 Å². The zero-order valence-electron chi connectivity index (χ0n) is 10.8. The highest BCUT2D eigenvalue weighted by atomic mass is 16.6. The van der Waals surface area contributed by atoms with Gasteiger partial charge in [-0.25, -0.2) is 0 Å². The van der Waals surface area contributed by atoms with Gasteiger partial charge in [0.15, 0.2) is 0 Å². The molecule has 0 fully saturated rings. The van der Waals surface area contributed by atoms with Gasteiger partial charge in [0.1, 0.15) is 11.5 Å². The number of benzene rings is 2. The molecule has 0 bridgehead atoms. The van der Waals surface area contributed by atoms with E-state index in [9.17, 15) is 20.3 Å². The Bertz CT molecular complexity index is 626.